The van der Waals surface area contributed by atoms with Gasteiger partial charge in [-0.3, -0.25) is 0 Å². The maximum Gasteiger partial charge on any atom is 0.419 e. The zero-order valence-corrected chi connectivity index (χ0v) is 7.09. The Morgan fingerprint density at radius 2 is 2.07 bits per heavy atom. The predicted octanol–water partition coefficient (Wildman–Crippen LogP) is 1.33. The molecule has 0 fully saturated rings. The zero-order valence-electron chi connectivity index (χ0n) is 7.09. The molecule has 0 aliphatic carbocycles. The van der Waals surface area contributed by atoms with Crippen LogP contribution in [0.15, 0.2) is 17.4 Å². The van der Waals surface area contributed by atoms with E-state index in [4.69, 9.17) is 10.9 Å². The fourth-order valence-electron chi connectivity index (χ4n) is 0.847. The molecule has 1 heterocycles. The molecule has 0 saturated carbocycles. The van der Waals surface area contributed by atoms with Crippen LogP contribution in [0.5, 0.6) is 0 Å². The maximum absolute atomic E-state index is 12.7. The Balaban J connectivity index is 3.29. The SMILES string of the molecule is NC(=NO)c1cc(C(F)(F)F)c(F)cn1. The van der Waals surface area contributed by atoms with Gasteiger partial charge >= 0.3 is 6.18 Å². The minimum atomic E-state index is -4.85. The Hall–Kier alpha value is -1.86. The molecular weight excluding hydrogens is 218 g/mol. The molecule has 0 aliphatic rings. The zero-order chi connectivity index (χ0) is 11.6. The number of nitrogens with two attached hydrogens (primary N) is 1. The van der Waals surface area contributed by atoms with Crippen LogP contribution in [0.4, 0.5) is 17.6 Å². The van der Waals surface area contributed by atoms with Crippen molar-refractivity contribution in [1.82, 2.24) is 4.98 Å². The number of hydrogen-bond donors (Lipinski definition) is 2. The fraction of sp³-hybridized carbons (Fsp3) is 0.143. The molecule has 0 amide bonds. The normalized spacial score (nSPS) is 12.9. The molecule has 0 aromatic carbocycles. The molecule has 0 atom stereocenters. The summed E-state index contributed by atoms with van der Waals surface area (Å²) in [6.45, 7) is 0. The Morgan fingerprint density at radius 3 is 2.53 bits per heavy atom. The number of oxime groups is 1. The highest BCUT2D eigenvalue weighted by atomic mass is 19.4. The first-order valence-corrected chi connectivity index (χ1v) is 3.57. The van der Waals surface area contributed by atoms with Gasteiger partial charge in [-0.05, 0) is 6.07 Å². The van der Waals surface area contributed by atoms with Crippen LogP contribution in [0.25, 0.3) is 0 Å². The molecule has 8 heteroatoms. The summed E-state index contributed by atoms with van der Waals surface area (Å²) in [5.74, 6) is -2.14. The van der Waals surface area contributed by atoms with Crippen LogP contribution in [0, 0.1) is 5.82 Å². The molecular formula is C7H5F4N3O. The van der Waals surface area contributed by atoms with Crippen LogP contribution in [-0.4, -0.2) is 16.0 Å². The van der Waals surface area contributed by atoms with E-state index in [1.807, 2.05) is 0 Å². The Bertz CT molecular complexity index is 402. The predicted molar refractivity (Wildman–Crippen MR) is 41.7 cm³/mol. The number of alkyl halides is 3. The molecule has 3 N–H and O–H groups in total. The first-order chi connectivity index (χ1) is 6.86. The third kappa shape index (κ3) is 2.33. The summed E-state index contributed by atoms with van der Waals surface area (Å²) in [5.41, 5.74) is 3.04. The lowest BCUT2D eigenvalue weighted by atomic mass is 10.2. The van der Waals surface area contributed by atoms with Gasteiger partial charge in [0.1, 0.15) is 5.69 Å². The van der Waals surface area contributed by atoms with Gasteiger partial charge in [0.15, 0.2) is 11.7 Å². The molecule has 82 valence electrons. The summed E-state index contributed by atoms with van der Waals surface area (Å²) in [6.07, 6.45) is -4.49. The second-order valence-corrected chi connectivity index (χ2v) is 2.53. The van der Waals surface area contributed by atoms with E-state index in [0.717, 1.165) is 0 Å². The number of pyridine rings is 1. The number of amidine groups is 1. The molecule has 15 heavy (non-hydrogen) atoms. The third-order valence-electron chi connectivity index (χ3n) is 1.53. The number of aromatic nitrogens is 1. The lowest BCUT2D eigenvalue weighted by Crippen LogP contribution is -2.18. The van der Waals surface area contributed by atoms with Crippen molar-refractivity contribution in [2.24, 2.45) is 10.9 Å². The van der Waals surface area contributed by atoms with Crippen molar-refractivity contribution in [3.63, 3.8) is 0 Å². The van der Waals surface area contributed by atoms with Crippen LogP contribution in [0.1, 0.15) is 11.3 Å². The van der Waals surface area contributed by atoms with Crippen LogP contribution in [-0.2, 0) is 6.18 Å². The van der Waals surface area contributed by atoms with Crippen molar-refractivity contribution in [3.05, 3.63) is 29.3 Å². The summed E-state index contributed by atoms with van der Waals surface area (Å²) >= 11 is 0. The second kappa shape index (κ2) is 3.71. The van der Waals surface area contributed by atoms with E-state index in [0.29, 0.717) is 12.3 Å². The second-order valence-electron chi connectivity index (χ2n) is 2.53. The lowest BCUT2D eigenvalue weighted by Gasteiger charge is -2.08. The van der Waals surface area contributed by atoms with Gasteiger partial charge in [-0.1, -0.05) is 5.16 Å². The first-order valence-electron chi connectivity index (χ1n) is 3.57. The molecule has 0 spiro atoms. The van der Waals surface area contributed by atoms with Gasteiger partial charge in [-0.2, -0.15) is 13.2 Å². The monoisotopic (exact) mass is 223 g/mol. The topological polar surface area (TPSA) is 71.5 Å². The van der Waals surface area contributed by atoms with Crippen molar-refractivity contribution >= 4 is 5.84 Å². The van der Waals surface area contributed by atoms with Crippen molar-refractivity contribution in [1.29, 1.82) is 0 Å². The molecule has 0 unspecified atom stereocenters. The van der Waals surface area contributed by atoms with Crippen LogP contribution in [0.2, 0.25) is 0 Å². The van der Waals surface area contributed by atoms with Crippen LogP contribution in [0.3, 0.4) is 0 Å². The lowest BCUT2D eigenvalue weighted by molar-refractivity contribution is -0.140. The molecule has 1 aromatic heterocycles. The fourth-order valence-corrected chi connectivity index (χ4v) is 0.847. The highest BCUT2D eigenvalue weighted by Gasteiger charge is 2.34. The molecule has 0 radical (unpaired) electrons. The average molecular weight is 223 g/mol. The largest absolute Gasteiger partial charge is 0.419 e. The van der Waals surface area contributed by atoms with Gasteiger partial charge < -0.3 is 10.9 Å². The molecule has 4 nitrogen and oxygen atoms in total. The minimum absolute atomic E-state index is 0.357. The highest BCUT2D eigenvalue weighted by molar-refractivity contribution is 5.95. The van der Waals surface area contributed by atoms with Crippen LogP contribution >= 0.6 is 0 Å². The van der Waals surface area contributed by atoms with Gasteiger partial charge in [-0.25, -0.2) is 9.37 Å². The molecule has 0 bridgehead atoms. The number of hydrogen-bond acceptors (Lipinski definition) is 3. The summed E-state index contributed by atoms with van der Waals surface area (Å²) in [7, 11) is 0. The Morgan fingerprint density at radius 1 is 1.47 bits per heavy atom. The highest BCUT2D eigenvalue weighted by Crippen LogP contribution is 2.31. The van der Waals surface area contributed by atoms with E-state index in [9.17, 15) is 17.6 Å². The van der Waals surface area contributed by atoms with Crippen molar-refractivity contribution in [2.45, 2.75) is 6.18 Å². The first kappa shape index (κ1) is 11.2. The van der Waals surface area contributed by atoms with E-state index >= 15 is 0 Å². The molecule has 1 aromatic rings. The van der Waals surface area contributed by atoms with Crippen molar-refractivity contribution in [2.75, 3.05) is 0 Å². The maximum atomic E-state index is 12.7. The van der Waals surface area contributed by atoms with Gasteiger partial charge in [-0.15, -0.1) is 0 Å². The van der Waals surface area contributed by atoms with E-state index in [2.05, 4.69) is 10.1 Å². The average Bonchev–Trinajstić information content (AvgIpc) is 2.15. The smallest absolute Gasteiger partial charge is 0.409 e. The van der Waals surface area contributed by atoms with Gasteiger partial charge in [0, 0.05) is 0 Å². The van der Waals surface area contributed by atoms with Crippen molar-refractivity contribution < 1.29 is 22.8 Å². The summed E-state index contributed by atoms with van der Waals surface area (Å²) in [6, 6.07) is 0.365. The minimum Gasteiger partial charge on any atom is -0.409 e. The van der Waals surface area contributed by atoms with Gasteiger partial charge in [0.2, 0.25) is 0 Å². The van der Waals surface area contributed by atoms with E-state index in [1.165, 1.54) is 0 Å². The number of halogens is 4. The van der Waals surface area contributed by atoms with Crippen LogP contribution < -0.4 is 5.73 Å². The van der Waals surface area contributed by atoms with E-state index in [-0.39, 0.29) is 0 Å². The standard InChI is InChI=1S/C7H5F4N3O/c8-4-2-13-5(6(12)14-15)1-3(4)7(9,10)11/h1-2,15H,(H2,12,14). The number of nitrogens with zero attached hydrogens (tertiary/aromatic N) is 2. The van der Waals surface area contributed by atoms with Crippen molar-refractivity contribution in [3.8, 4) is 0 Å². The quantitative estimate of drug-likeness (QED) is 0.248. The number of rotatable bonds is 1. The Labute approximate surface area is 81.0 Å². The Kier molecular flexibility index (Phi) is 2.78. The summed E-state index contributed by atoms with van der Waals surface area (Å²) in [5, 5.41) is 10.7. The summed E-state index contributed by atoms with van der Waals surface area (Å²) < 4.78 is 49.3. The molecule has 0 aliphatic heterocycles. The third-order valence-corrected chi connectivity index (χ3v) is 1.53. The van der Waals surface area contributed by atoms with Gasteiger partial charge in [0.25, 0.3) is 0 Å². The van der Waals surface area contributed by atoms with E-state index < -0.39 is 29.1 Å². The molecule has 1 rings (SSSR count). The van der Waals surface area contributed by atoms with E-state index in [1.54, 1.807) is 0 Å². The summed E-state index contributed by atoms with van der Waals surface area (Å²) in [4.78, 5) is 3.23. The molecule has 0 saturated heterocycles. The van der Waals surface area contributed by atoms with Gasteiger partial charge in [0.05, 0.1) is 11.8 Å².